The van der Waals surface area contributed by atoms with Crippen LogP contribution in [0.25, 0.3) is 0 Å². The molecule has 5 heteroatoms. The summed E-state index contributed by atoms with van der Waals surface area (Å²) < 4.78 is 28.5. The average Bonchev–Trinajstić information content (AvgIpc) is 3.10. The third-order valence-electron chi connectivity index (χ3n) is 3.17. The number of ether oxygens (including phenoxy) is 1. The van der Waals surface area contributed by atoms with Gasteiger partial charge in [0.05, 0.1) is 11.5 Å². The summed E-state index contributed by atoms with van der Waals surface area (Å²) >= 11 is 0. The predicted molar refractivity (Wildman–Crippen MR) is 67.0 cm³/mol. The van der Waals surface area contributed by atoms with Gasteiger partial charge in [-0.05, 0) is 44.4 Å². The van der Waals surface area contributed by atoms with E-state index in [2.05, 4.69) is 0 Å². The van der Waals surface area contributed by atoms with Crippen LogP contribution in [0.1, 0.15) is 25.3 Å². The molecule has 0 saturated heterocycles. The molecule has 0 radical (unpaired) electrons. The number of carbonyl (C=O) groups is 1. The number of esters is 1. The Morgan fingerprint density at radius 2 is 2.06 bits per heavy atom. The minimum absolute atomic E-state index is 0.198. The number of aryl methyl sites for hydroxylation is 1. The van der Waals surface area contributed by atoms with E-state index in [9.17, 15) is 13.2 Å². The van der Waals surface area contributed by atoms with E-state index in [4.69, 9.17) is 4.74 Å². The zero-order chi connectivity index (χ0) is 13.4. The summed E-state index contributed by atoms with van der Waals surface area (Å²) in [7, 11) is -3.65. The zero-order valence-corrected chi connectivity index (χ0v) is 11.3. The van der Waals surface area contributed by atoms with Crippen molar-refractivity contribution in [3.05, 3.63) is 29.8 Å². The fourth-order valence-corrected chi connectivity index (χ4v) is 3.93. The molecule has 0 bridgehead atoms. The number of hydrogen-bond acceptors (Lipinski definition) is 4. The van der Waals surface area contributed by atoms with Gasteiger partial charge in [0, 0.05) is 0 Å². The summed E-state index contributed by atoms with van der Waals surface area (Å²) in [4.78, 5) is 12.0. The number of benzene rings is 1. The topological polar surface area (TPSA) is 60.4 Å². The van der Waals surface area contributed by atoms with Gasteiger partial charge >= 0.3 is 5.97 Å². The van der Waals surface area contributed by atoms with Crippen LogP contribution in [-0.2, 0) is 19.4 Å². The van der Waals surface area contributed by atoms with E-state index in [0.717, 1.165) is 5.56 Å². The van der Waals surface area contributed by atoms with Crippen LogP contribution in [0.4, 0.5) is 0 Å². The van der Waals surface area contributed by atoms with Crippen molar-refractivity contribution in [1.29, 1.82) is 0 Å². The second-order valence-corrected chi connectivity index (χ2v) is 6.79. The predicted octanol–water partition coefficient (Wildman–Crippen LogP) is 1.86. The van der Waals surface area contributed by atoms with Crippen molar-refractivity contribution in [2.75, 3.05) is 6.61 Å². The molecule has 1 aromatic carbocycles. The van der Waals surface area contributed by atoms with Crippen molar-refractivity contribution in [2.45, 2.75) is 36.3 Å². The largest absolute Gasteiger partial charge is 0.465 e. The van der Waals surface area contributed by atoms with Gasteiger partial charge in [0.1, 0.15) is 0 Å². The first-order valence-electron chi connectivity index (χ1n) is 5.92. The third-order valence-corrected chi connectivity index (χ3v) is 5.64. The summed E-state index contributed by atoms with van der Waals surface area (Å²) in [6.07, 6.45) is 0.699. The first-order chi connectivity index (χ1) is 8.44. The maximum Gasteiger partial charge on any atom is 0.327 e. The van der Waals surface area contributed by atoms with Crippen LogP contribution >= 0.6 is 0 Å². The fraction of sp³-hybridized carbons (Fsp3) is 0.462. The maximum atomic E-state index is 12.5. The van der Waals surface area contributed by atoms with E-state index in [-0.39, 0.29) is 11.5 Å². The second-order valence-electron chi connectivity index (χ2n) is 4.53. The Balaban J connectivity index is 2.41. The van der Waals surface area contributed by atoms with Crippen LogP contribution in [0.2, 0.25) is 0 Å². The lowest BCUT2D eigenvalue weighted by molar-refractivity contribution is -0.143. The monoisotopic (exact) mass is 268 g/mol. The van der Waals surface area contributed by atoms with Crippen molar-refractivity contribution in [3.8, 4) is 0 Å². The molecule has 2 rings (SSSR count). The van der Waals surface area contributed by atoms with Gasteiger partial charge in [0.2, 0.25) is 0 Å². The molecule has 1 aliphatic carbocycles. The first-order valence-corrected chi connectivity index (χ1v) is 7.41. The molecule has 0 atom stereocenters. The van der Waals surface area contributed by atoms with Gasteiger partial charge in [-0.25, -0.2) is 8.42 Å². The van der Waals surface area contributed by atoms with E-state index < -0.39 is 20.6 Å². The highest BCUT2D eigenvalue weighted by atomic mass is 32.2. The Kier molecular flexibility index (Phi) is 3.19. The van der Waals surface area contributed by atoms with Gasteiger partial charge in [-0.3, -0.25) is 4.79 Å². The number of sulfone groups is 1. The molecule has 1 fully saturated rings. The number of rotatable bonds is 4. The molecule has 1 aliphatic rings. The lowest BCUT2D eigenvalue weighted by atomic mass is 10.2. The lowest BCUT2D eigenvalue weighted by Gasteiger charge is -2.15. The van der Waals surface area contributed by atoms with Crippen LogP contribution in [0.5, 0.6) is 0 Å². The van der Waals surface area contributed by atoms with Crippen molar-refractivity contribution in [3.63, 3.8) is 0 Å². The zero-order valence-electron chi connectivity index (χ0n) is 10.5. The molecule has 4 nitrogen and oxygen atoms in total. The molecule has 0 aromatic heterocycles. The van der Waals surface area contributed by atoms with Gasteiger partial charge in [-0.15, -0.1) is 0 Å². The lowest BCUT2D eigenvalue weighted by Crippen LogP contribution is -2.34. The Hall–Kier alpha value is -1.36. The maximum absolute atomic E-state index is 12.5. The van der Waals surface area contributed by atoms with Gasteiger partial charge < -0.3 is 4.74 Å². The molecular formula is C13H16O4S. The van der Waals surface area contributed by atoms with Crippen LogP contribution < -0.4 is 0 Å². The van der Waals surface area contributed by atoms with Crippen LogP contribution in [0.15, 0.2) is 29.2 Å². The van der Waals surface area contributed by atoms with Crippen molar-refractivity contribution in [2.24, 2.45) is 0 Å². The quantitative estimate of drug-likeness (QED) is 0.782. The number of hydrogen-bond donors (Lipinski definition) is 0. The molecule has 98 valence electrons. The van der Waals surface area contributed by atoms with Gasteiger partial charge in [0.15, 0.2) is 14.6 Å². The SMILES string of the molecule is CCOC(=O)C1(S(=O)(=O)c2cccc(C)c2)CC1. The number of carbonyl (C=O) groups excluding carboxylic acids is 1. The molecule has 18 heavy (non-hydrogen) atoms. The molecule has 1 saturated carbocycles. The van der Waals surface area contributed by atoms with Gasteiger partial charge in [-0.2, -0.15) is 0 Å². The minimum atomic E-state index is -3.65. The van der Waals surface area contributed by atoms with Crippen molar-refractivity contribution < 1.29 is 17.9 Å². The van der Waals surface area contributed by atoms with Crippen molar-refractivity contribution in [1.82, 2.24) is 0 Å². The second kappa shape index (κ2) is 4.39. The Morgan fingerprint density at radius 3 is 2.56 bits per heavy atom. The van der Waals surface area contributed by atoms with Crippen LogP contribution in [-0.4, -0.2) is 25.7 Å². The van der Waals surface area contributed by atoms with E-state index in [1.165, 1.54) is 6.07 Å². The fourth-order valence-electron chi connectivity index (χ4n) is 1.97. The molecule has 0 N–H and O–H groups in total. The molecule has 0 amide bonds. The summed E-state index contributed by atoms with van der Waals surface area (Å²) in [6, 6.07) is 6.63. The first kappa shape index (κ1) is 13.1. The van der Waals surface area contributed by atoms with E-state index in [1.54, 1.807) is 19.1 Å². The van der Waals surface area contributed by atoms with Gasteiger partial charge in [-0.1, -0.05) is 12.1 Å². The molecule has 1 aromatic rings. The van der Waals surface area contributed by atoms with E-state index in [1.807, 2.05) is 13.0 Å². The highest BCUT2D eigenvalue weighted by molar-refractivity contribution is 7.94. The Morgan fingerprint density at radius 1 is 1.39 bits per heavy atom. The Labute approximate surface area is 107 Å². The Bertz CT molecular complexity index is 570. The summed E-state index contributed by atoms with van der Waals surface area (Å²) in [5.41, 5.74) is 0.857. The summed E-state index contributed by atoms with van der Waals surface area (Å²) in [6.45, 7) is 3.69. The third kappa shape index (κ3) is 1.92. The molecule has 0 aliphatic heterocycles. The van der Waals surface area contributed by atoms with Crippen molar-refractivity contribution >= 4 is 15.8 Å². The van der Waals surface area contributed by atoms with E-state index >= 15 is 0 Å². The highest BCUT2D eigenvalue weighted by Crippen LogP contribution is 2.47. The molecule has 0 heterocycles. The molecule has 0 spiro atoms. The van der Waals surface area contributed by atoms with Crippen LogP contribution in [0.3, 0.4) is 0 Å². The summed E-state index contributed by atoms with van der Waals surface area (Å²) in [5, 5.41) is 0. The smallest absolute Gasteiger partial charge is 0.327 e. The molecular weight excluding hydrogens is 252 g/mol. The normalized spacial score (nSPS) is 17.2. The standard InChI is InChI=1S/C13H16O4S/c1-3-17-12(14)13(7-8-13)18(15,16)11-6-4-5-10(2)9-11/h4-6,9H,3,7-8H2,1-2H3. The van der Waals surface area contributed by atoms with E-state index in [0.29, 0.717) is 12.8 Å². The summed E-state index contributed by atoms with van der Waals surface area (Å²) in [5.74, 6) is -0.619. The van der Waals surface area contributed by atoms with Gasteiger partial charge in [0.25, 0.3) is 0 Å². The molecule has 0 unspecified atom stereocenters. The average molecular weight is 268 g/mol. The minimum Gasteiger partial charge on any atom is -0.465 e. The highest BCUT2D eigenvalue weighted by Gasteiger charge is 2.62. The van der Waals surface area contributed by atoms with Crippen LogP contribution in [0, 0.1) is 6.92 Å².